The lowest BCUT2D eigenvalue weighted by Crippen LogP contribution is -2.29. The van der Waals surface area contributed by atoms with Gasteiger partial charge >= 0.3 is 0 Å². The van der Waals surface area contributed by atoms with Crippen LogP contribution in [0.4, 0.5) is 10.2 Å². The summed E-state index contributed by atoms with van der Waals surface area (Å²) in [6.45, 7) is 2.02. The largest absolute Gasteiger partial charge is 0.482 e. The predicted molar refractivity (Wildman–Crippen MR) is 128 cm³/mol. The normalized spacial score (nSPS) is 21.3. The van der Waals surface area contributed by atoms with E-state index in [1.54, 1.807) is 24.6 Å². The second-order valence-corrected chi connectivity index (χ2v) is 9.30. The Morgan fingerprint density at radius 3 is 2.88 bits per heavy atom. The highest BCUT2D eigenvalue weighted by Gasteiger charge is 2.32. The van der Waals surface area contributed by atoms with Crippen molar-refractivity contribution in [1.82, 2.24) is 20.1 Å². The molecule has 1 saturated heterocycles. The summed E-state index contributed by atoms with van der Waals surface area (Å²) in [6.07, 6.45) is 12.2. The summed E-state index contributed by atoms with van der Waals surface area (Å²) in [7, 11) is 0. The Morgan fingerprint density at radius 1 is 1.15 bits per heavy atom. The van der Waals surface area contributed by atoms with Crippen molar-refractivity contribution in [3.8, 4) is 16.9 Å². The number of benzene rings is 1. The van der Waals surface area contributed by atoms with E-state index >= 15 is 0 Å². The number of nitrogens with zero attached hydrogens (tertiary/aromatic N) is 3. The lowest BCUT2D eigenvalue weighted by Gasteiger charge is -2.22. The van der Waals surface area contributed by atoms with E-state index in [-0.39, 0.29) is 17.8 Å². The highest BCUT2D eigenvalue weighted by Crippen LogP contribution is 2.42. The van der Waals surface area contributed by atoms with Crippen molar-refractivity contribution in [3.05, 3.63) is 60.5 Å². The second kappa shape index (κ2) is 8.76. The van der Waals surface area contributed by atoms with Gasteiger partial charge in [-0.2, -0.15) is 5.10 Å². The van der Waals surface area contributed by atoms with Gasteiger partial charge in [-0.3, -0.25) is 4.68 Å². The minimum Gasteiger partial charge on any atom is -0.482 e. The molecule has 1 aromatic carbocycles. The van der Waals surface area contributed by atoms with Crippen molar-refractivity contribution in [2.75, 3.05) is 18.8 Å². The Hall–Kier alpha value is -3.39. The third-order valence-electron chi connectivity index (χ3n) is 7.19. The van der Waals surface area contributed by atoms with Gasteiger partial charge in [0.1, 0.15) is 18.2 Å². The minimum atomic E-state index is -0.229. The van der Waals surface area contributed by atoms with Gasteiger partial charge in [-0.05, 0) is 62.9 Å². The maximum atomic E-state index is 13.8. The van der Waals surface area contributed by atoms with E-state index < -0.39 is 0 Å². The number of nitrogens with two attached hydrogens (primary N) is 1. The van der Waals surface area contributed by atoms with Crippen LogP contribution < -0.4 is 15.8 Å². The van der Waals surface area contributed by atoms with Crippen molar-refractivity contribution in [2.24, 2.45) is 0 Å². The first kappa shape index (κ1) is 21.2. The van der Waals surface area contributed by atoms with Gasteiger partial charge in [0.05, 0.1) is 17.6 Å². The number of hydrogen-bond acceptors (Lipinski definition) is 6. The SMILES string of the molecule is Nc1ncc2c(-c3cnn(C4CCNCC4)c3)coc2c1O[C@H]1CCC[C@H]1c1cccc(F)c1. The summed E-state index contributed by atoms with van der Waals surface area (Å²) in [5.41, 5.74) is 9.68. The smallest absolute Gasteiger partial charge is 0.205 e. The van der Waals surface area contributed by atoms with Gasteiger partial charge in [-0.15, -0.1) is 0 Å². The van der Waals surface area contributed by atoms with Gasteiger partial charge in [-0.25, -0.2) is 9.37 Å². The monoisotopic (exact) mass is 461 g/mol. The number of halogens is 1. The van der Waals surface area contributed by atoms with Crippen molar-refractivity contribution in [3.63, 3.8) is 0 Å². The average Bonchev–Trinajstić information content (AvgIpc) is 3.61. The summed E-state index contributed by atoms with van der Waals surface area (Å²) in [5, 5.41) is 8.85. The molecule has 4 aromatic rings. The van der Waals surface area contributed by atoms with E-state index in [1.165, 1.54) is 6.07 Å². The summed E-state index contributed by atoms with van der Waals surface area (Å²) >= 11 is 0. The number of pyridine rings is 1. The number of piperidine rings is 1. The Labute approximate surface area is 197 Å². The lowest BCUT2D eigenvalue weighted by molar-refractivity contribution is 0.191. The van der Waals surface area contributed by atoms with Crippen LogP contribution in [0.3, 0.4) is 0 Å². The first-order valence-electron chi connectivity index (χ1n) is 12.0. The molecule has 4 heterocycles. The van der Waals surface area contributed by atoms with E-state index in [0.717, 1.165) is 67.3 Å². The van der Waals surface area contributed by atoms with E-state index in [0.29, 0.717) is 23.2 Å². The first-order chi connectivity index (χ1) is 16.7. The number of aromatic nitrogens is 3. The van der Waals surface area contributed by atoms with Crippen molar-refractivity contribution in [1.29, 1.82) is 0 Å². The molecule has 0 bridgehead atoms. The van der Waals surface area contributed by atoms with Gasteiger partial charge in [0, 0.05) is 29.4 Å². The Morgan fingerprint density at radius 2 is 2.03 bits per heavy atom. The average molecular weight is 462 g/mol. The molecule has 34 heavy (non-hydrogen) atoms. The molecule has 0 radical (unpaired) electrons. The molecule has 2 aliphatic rings. The number of ether oxygens (including phenoxy) is 1. The molecule has 1 saturated carbocycles. The summed E-state index contributed by atoms with van der Waals surface area (Å²) in [5.74, 6) is 0.627. The molecule has 2 atom stereocenters. The Kier molecular flexibility index (Phi) is 5.45. The van der Waals surface area contributed by atoms with Crippen molar-refractivity contribution >= 4 is 16.8 Å². The van der Waals surface area contributed by atoms with Crippen LogP contribution in [0.15, 0.2) is 53.5 Å². The van der Waals surface area contributed by atoms with Crippen LogP contribution in [-0.4, -0.2) is 34.0 Å². The van der Waals surface area contributed by atoms with Gasteiger partial charge in [-0.1, -0.05) is 12.1 Å². The highest BCUT2D eigenvalue weighted by atomic mass is 19.1. The summed E-state index contributed by atoms with van der Waals surface area (Å²) in [4.78, 5) is 4.41. The van der Waals surface area contributed by atoms with Crippen LogP contribution in [0.5, 0.6) is 5.75 Å². The zero-order valence-corrected chi connectivity index (χ0v) is 18.9. The van der Waals surface area contributed by atoms with Crippen molar-refractivity contribution in [2.45, 2.75) is 50.2 Å². The number of hydrogen-bond donors (Lipinski definition) is 2. The number of nitrogen functional groups attached to an aromatic ring is 1. The zero-order valence-electron chi connectivity index (χ0n) is 18.9. The quantitative estimate of drug-likeness (QED) is 0.432. The lowest BCUT2D eigenvalue weighted by atomic mass is 9.95. The molecule has 7 nitrogen and oxygen atoms in total. The van der Waals surface area contributed by atoms with Crippen LogP contribution in [0.1, 0.15) is 49.6 Å². The van der Waals surface area contributed by atoms with Crippen LogP contribution >= 0.6 is 0 Å². The molecule has 3 N–H and O–H groups in total. The topological polar surface area (TPSA) is 91.1 Å². The third-order valence-corrected chi connectivity index (χ3v) is 7.19. The number of fused-ring (bicyclic) bond motifs is 1. The molecule has 3 aromatic heterocycles. The van der Waals surface area contributed by atoms with E-state index in [1.807, 2.05) is 12.3 Å². The van der Waals surface area contributed by atoms with Crippen LogP contribution in [0.25, 0.3) is 22.1 Å². The van der Waals surface area contributed by atoms with Crippen LogP contribution in [0, 0.1) is 5.82 Å². The molecule has 176 valence electrons. The molecule has 6 rings (SSSR count). The Bertz CT molecular complexity index is 1310. The molecule has 0 amide bonds. The third kappa shape index (κ3) is 3.81. The maximum absolute atomic E-state index is 13.8. The maximum Gasteiger partial charge on any atom is 0.205 e. The van der Waals surface area contributed by atoms with Gasteiger partial charge in [0.15, 0.2) is 11.4 Å². The molecular formula is C26H28FN5O2. The predicted octanol–water partition coefficient (Wildman–Crippen LogP) is 5.05. The second-order valence-electron chi connectivity index (χ2n) is 9.30. The first-order valence-corrected chi connectivity index (χ1v) is 12.0. The number of rotatable bonds is 5. The van der Waals surface area contributed by atoms with Crippen LogP contribution in [-0.2, 0) is 0 Å². The molecule has 1 aliphatic heterocycles. The molecule has 0 spiro atoms. The summed E-state index contributed by atoms with van der Waals surface area (Å²) < 4.78 is 28.3. The molecule has 0 unspecified atom stereocenters. The number of nitrogens with one attached hydrogen (secondary N) is 1. The number of furan rings is 1. The molecular weight excluding hydrogens is 433 g/mol. The Balaban J connectivity index is 1.31. The van der Waals surface area contributed by atoms with E-state index in [9.17, 15) is 4.39 Å². The van der Waals surface area contributed by atoms with Gasteiger partial charge in [0.2, 0.25) is 5.75 Å². The standard InChI is InChI=1S/C26H28FN5O2/c27-18-4-1-3-16(11-18)20-5-2-6-23(20)34-25-24-21(13-30-26(25)28)22(15-33-24)17-12-31-32(14-17)19-7-9-29-10-8-19/h1,3-4,11-15,19-20,23,29H,2,5-10H2,(H2,28,30)/t20-,23-/m0/s1. The highest BCUT2D eigenvalue weighted by molar-refractivity contribution is 5.97. The molecule has 1 aliphatic carbocycles. The minimum absolute atomic E-state index is 0.100. The zero-order chi connectivity index (χ0) is 23.1. The van der Waals surface area contributed by atoms with Gasteiger partial charge in [0.25, 0.3) is 0 Å². The fourth-order valence-corrected chi connectivity index (χ4v) is 5.40. The van der Waals surface area contributed by atoms with E-state index in [4.69, 9.17) is 14.9 Å². The number of anilines is 1. The van der Waals surface area contributed by atoms with Crippen LogP contribution in [0.2, 0.25) is 0 Å². The van der Waals surface area contributed by atoms with Crippen molar-refractivity contribution < 1.29 is 13.5 Å². The summed E-state index contributed by atoms with van der Waals surface area (Å²) in [6, 6.07) is 7.18. The fraction of sp³-hybridized carbons (Fsp3) is 0.385. The fourth-order valence-electron chi connectivity index (χ4n) is 5.40. The molecule has 2 fully saturated rings. The molecule has 8 heteroatoms. The van der Waals surface area contributed by atoms with Gasteiger partial charge < -0.3 is 20.2 Å². The van der Waals surface area contributed by atoms with E-state index in [2.05, 4.69) is 26.3 Å².